The van der Waals surface area contributed by atoms with Crippen molar-refractivity contribution < 1.29 is 4.79 Å². The third-order valence-electron chi connectivity index (χ3n) is 3.56. The molecule has 0 bridgehead atoms. The number of nitrogens with zero attached hydrogens (tertiary/aromatic N) is 2. The van der Waals surface area contributed by atoms with Crippen molar-refractivity contribution in [2.45, 2.75) is 13.5 Å². The van der Waals surface area contributed by atoms with Gasteiger partial charge in [0.2, 0.25) is 0 Å². The summed E-state index contributed by atoms with van der Waals surface area (Å²) < 4.78 is 3.00. The lowest BCUT2D eigenvalue weighted by molar-refractivity contribution is 0.102. The van der Waals surface area contributed by atoms with Crippen LogP contribution in [0.1, 0.15) is 21.5 Å². The first kappa shape index (κ1) is 15.7. The van der Waals surface area contributed by atoms with Crippen molar-refractivity contribution in [3.05, 3.63) is 81.2 Å². The fourth-order valence-electron chi connectivity index (χ4n) is 2.30. The van der Waals surface area contributed by atoms with Gasteiger partial charge in [-0.1, -0.05) is 12.1 Å². The molecule has 4 nitrogen and oxygen atoms in total. The highest BCUT2D eigenvalue weighted by atomic mass is 127. The molecule has 0 aliphatic carbocycles. The summed E-state index contributed by atoms with van der Waals surface area (Å²) in [5.74, 6) is -0.0973. The first-order chi connectivity index (χ1) is 11.1. The third kappa shape index (κ3) is 3.98. The number of carbonyl (C=O) groups is 1. The standard InChI is InChI=1S/C18H16IN3O/c1-13-11-16(19)7-8-17(13)21-18(23)15-5-3-14(4-6-15)12-22-10-2-9-20-22/h2-11H,12H2,1H3,(H,21,23). The van der Waals surface area contributed by atoms with Crippen LogP contribution in [0.5, 0.6) is 0 Å². The van der Waals surface area contributed by atoms with Crippen molar-refractivity contribution in [3.63, 3.8) is 0 Å². The molecule has 0 aliphatic rings. The molecule has 0 saturated heterocycles. The lowest BCUT2D eigenvalue weighted by Crippen LogP contribution is -2.13. The van der Waals surface area contributed by atoms with E-state index < -0.39 is 0 Å². The highest BCUT2D eigenvalue weighted by molar-refractivity contribution is 14.1. The van der Waals surface area contributed by atoms with Gasteiger partial charge in [0.05, 0.1) is 6.54 Å². The number of nitrogens with one attached hydrogen (secondary N) is 1. The second-order valence-electron chi connectivity index (χ2n) is 5.31. The zero-order valence-electron chi connectivity index (χ0n) is 12.7. The number of carbonyl (C=O) groups excluding carboxylic acids is 1. The molecule has 1 heterocycles. The molecule has 0 fully saturated rings. The summed E-state index contributed by atoms with van der Waals surface area (Å²) in [7, 11) is 0. The van der Waals surface area contributed by atoms with Gasteiger partial charge >= 0.3 is 0 Å². The number of benzene rings is 2. The number of aromatic nitrogens is 2. The lowest BCUT2D eigenvalue weighted by atomic mass is 10.1. The van der Waals surface area contributed by atoms with E-state index in [1.165, 1.54) is 0 Å². The fraction of sp³-hybridized carbons (Fsp3) is 0.111. The minimum Gasteiger partial charge on any atom is -0.322 e. The van der Waals surface area contributed by atoms with Crippen molar-refractivity contribution in [3.8, 4) is 0 Å². The van der Waals surface area contributed by atoms with Gasteiger partial charge in [0, 0.05) is 27.2 Å². The summed E-state index contributed by atoms with van der Waals surface area (Å²) >= 11 is 2.26. The SMILES string of the molecule is Cc1cc(I)ccc1NC(=O)c1ccc(Cn2cccn2)cc1. The fourth-order valence-corrected chi connectivity index (χ4v) is 2.95. The summed E-state index contributed by atoms with van der Waals surface area (Å²) in [5, 5.41) is 7.14. The van der Waals surface area contributed by atoms with E-state index in [1.807, 2.05) is 66.3 Å². The van der Waals surface area contributed by atoms with Crippen molar-refractivity contribution in [1.29, 1.82) is 0 Å². The van der Waals surface area contributed by atoms with Gasteiger partial charge in [-0.2, -0.15) is 5.10 Å². The van der Waals surface area contributed by atoms with Crippen molar-refractivity contribution >= 4 is 34.2 Å². The maximum atomic E-state index is 12.3. The van der Waals surface area contributed by atoms with Gasteiger partial charge in [-0.15, -0.1) is 0 Å². The molecule has 0 atom stereocenters. The number of anilines is 1. The zero-order valence-corrected chi connectivity index (χ0v) is 14.8. The average molecular weight is 417 g/mol. The zero-order chi connectivity index (χ0) is 16.2. The van der Waals surface area contributed by atoms with E-state index in [4.69, 9.17) is 0 Å². The maximum absolute atomic E-state index is 12.3. The summed E-state index contributed by atoms with van der Waals surface area (Å²) in [5.41, 5.74) is 3.65. The molecule has 3 aromatic rings. The average Bonchev–Trinajstić information content (AvgIpc) is 3.04. The topological polar surface area (TPSA) is 46.9 Å². The van der Waals surface area contributed by atoms with Crippen LogP contribution in [0.3, 0.4) is 0 Å². The van der Waals surface area contributed by atoms with Gasteiger partial charge in [0.15, 0.2) is 0 Å². The number of halogens is 1. The van der Waals surface area contributed by atoms with Gasteiger partial charge in [0.25, 0.3) is 5.91 Å². The minimum absolute atomic E-state index is 0.0973. The molecule has 3 rings (SSSR count). The quantitative estimate of drug-likeness (QED) is 0.650. The lowest BCUT2D eigenvalue weighted by Gasteiger charge is -2.09. The van der Waals surface area contributed by atoms with Crippen LogP contribution in [-0.4, -0.2) is 15.7 Å². The molecule has 0 radical (unpaired) electrons. The number of hydrogen-bond acceptors (Lipinski definition) is 2. The van der Waals surface area contributed by atoms with Crippen molar-refractivity contribution in [2.75, 3.05) is 5.32 Å². The summed E-state index contributed by atoms with van der Waals surface area (Å²) in [4.78, 5) is 12.3. The normalized spacial score (nSPS) is 10.5. The van der Waals surface area contributed by atoms with Gasteiger partial charge in [-0.3, -0.25) is 9.48 Å². The maximum Gasteiger partial charge on any atom is 0.255 e. The Labute approximate surface area is 148 Å². The van der Waals surface area contributed by atoms with Crippen LogP contribution in [-0.2, 0) is 6.54 Å². The van der Waals surface area contributed by atoms with E-state index in [2.05, 4.69) is 33.0 Å². The molecule has 23 heavy (non-hydrogen) atoms. The highest BCUT2D eigenvalue weighted by Gasteiger charge is 2.08. The first-order valence-electron chi connectivity index (χ1n) is 7.26. The molecule has 0 saturated carbocycles. The van der Waals surface area contributed by atoms with Crippen LogP contribution >= 0.6 is 22.6 Å². The summed E-state index contributed by atoms with van der Waals surface area (Å²) in [6.45, 7) is 2.69. The Bertz CT molecular complexity index is 811. The number of rotatable bonds is 4. The Morgan fingerprint density at radius 1 is 1.22 bits per heavy atom. The predicted octanol–water partition coefficient (Wildman–Crippen LogP) is 4.10. The van der Waals surface area contributed by atoms with Gasteiger partial charge in [-0.05, 0) is 77.0 Å². The Morgan fingerprint density at radius 2 is 2.00 bits per heavy atom. The second kappa shape index (κ2) is 6.95. The predicted molar refractivity (Wildman–Crippen MR) is 99.6 cm³/mol. The van der Waals surface area contributed by atoms with Crippen LogP contribution in [0.15, 0.2) is 60.9 Å². The molecule has 1 N–H and O–H groups in total. The molecular formula is C18H16IN3O. The Balaban J connectivity index is 1.70. The number of amides is 1. The second-order valence-corrected chi connectivity index (χ2v) is 6.56. The summed E-state index contributed by atoms with van der Waals surface area (Å²) in [6, 6.07) is 15.5. The monoisotopic (exact) mass is 417 g/mol. The Morgan fingerprint density at radius 3 is 2.65 bits per heavy atom. The molecule has 1 aromatic heterocycles. The largest absolute Gasteiger partial charge is 0.322 e. The van der Waals surface area contributed by atoms with Crippen molar-refractivity contribution in [1.82, 2.24) is 9.78 Å². The van der Waals surface area contributed by atoms with Crippen LogP contribution in [0.2, 0.25) is 0 Å². The van der Waals surface area contributed by atoms with Gasteiger partial charge in [0.1, 0.15) is 0 Å². The molecule has 5 heteroatoms. The van der Waals surface area contributed by atoms with Gasteiger partial charge < -0.3 is 5.32 Å². The molecule has 0 unspecified atom stereocenters. The Kier molecular flexibility index (Phi) is 4.76. The van der Waals surface area contributed by atoms with E-state index in [0.29, 0.717) is 12.1 Å². The molecule has 0 spiro atoms. The molecule has 2 aromatic carbocycles. The van der Waals surface area contributed by atoms with Crippen LogP contribution < -0.4 is 5.32 Å². The highest BCUT2D eigenvalue weighted by Crippen LogP contribution is 2.18. The van der Waals surface area contributed by atoms with E-state index in [9.17, 15) is 4.79 Å². The van der Waals surface area contributed by atoms with E-state index in [1.54, 1.807) is 6.20 Å². The molecule has 0 aliphatic heterocycles. The van der Waals surface area contributed by atoms with Crippen LogP contribution in [0.25, 0.3) is 0 Å². The summed E-state index contributed by atoms with van der Waals surface area (Å²) in [6.07, 6.45) is 3.67. The van der Waals surface area contributed by atoms with E-state index in [0.717, 1.165) is 20.4 Å². The molecular weight excluding hydrogens is 401 g/mol. The smallest absolute Gasteiger partial charge is 0.255 e. The third-order valence-corrected chi connectivity index (χ3v) is 4.23. The Hall–Kier alpha value is -2.15. The van der Waals surface area contributed by atoms with Crippen molar-refractivity contribution in [2.24, 2.45) is 0 Å². The first-order valence-corrected chi connectivity index (χ1v) is 8.33. The molecule has 1 amide bonds. The number of aryl methyl sites for hydroxylation is 1. The number of hydrogen-bond donors (Lipinski definition) is 1. The van der Waals surface area contributed by atoms with Crippen LogP contribution in [0.4, 0.5) is 5.69 Å². The van der Waals surface area contributed by atoms with Gasteiger partial charge in [-0.25, -0.2) is 0 Å². The minimum atomic E-state index is -0.0973. The van der Waals surface area contributed by atoms with E-state index >= 15 is 0 Å². The van der Waals surface area contributed by atoms with Crippen LogP contribution in [0, 0.1) is 10.5 Å². The van der Waals surface area contributed by atoms with E-state index in [-0.39, 0.29) is 5.91 Å². The molecule has 116 valence electrons.